The average molecular weight is 357 g/mol. The Balaban J connectivity index is 1.95. The van der Waals surface area contributed by atoms with Crippen molar-refractivity contribution in [3.05, 3.63) is 34.9 Å². The number of benzene rings is 1. The molecule has 0 spiro atoms. The van der Waals surface area contributed by atoms with Crippen molar-refractivity contribution >= 4 is 10.1 Å². The van der Waals surface area contributed by atoms with E-state index in [0.717, 1.165) is 0 Å². The molecule has 0 saturated carbocycles. The zero-order valence-corrected chi connectivity index (χ0v) is 12.8. The number of hydrogen-bond donors (Lipinski definition) is 0. The summed E-state index contributed by atoms with van der Waals surface area (Å²) in [6.45, 7) is 1.26. The normalized spacial score (nSPS) is 16.7. The van der Waals surface area contributed by atoms with Crippen molar-refractivity contribution in [3.8, 4) is 0 Å². The highest BCUT2D eigenvalue weighted by atomic mass is 32.2. The van der Waals surface area contributed by atoms with Gasteiger partial charge >= 0.3 is 0 Å². The van der Waals surface area contributed by atoms with Gasteiger partial charge in [0.25, 0.3) is 10.1 Å². The van der Waals surface area contributed by atoms with Crippen molar-refractivity contribution in [1.29, 1.82) is 0 Å². The Hall–Kier alpha value is -1.23. The second kappa shape index (κ2) is 7.56. The Labute approximate surface area is 130 Å². The lowest BCUT2D eigenvalue weighted by Gasteiger charge is -2.26. The summed E-state index contributed by atoms with van der Waals surface area (Å²) in [5, 5.41) is 0. The predicted octanol–water partition coefficient (Wildman–Crippen LogP) is 1.42. The van der Waals surface area contributed by atoms with Crippen LogP contribution in [-0.4, -0.2) is 51.9 Å². The van der Waals surface area contributed by atoms with Gasteiger partial charge in [-0.2, -0.15) is 8.42 Å². The van der Waals surface area contributed by atoms with Crippen LogP contribution in [0.25, 0.3) is 0 Å². The number of hydrogen-bond acceptors (Lipinski definition) is 5. The highest BCUT2D eigenvalue weighted by molar-refractivity contribution is 7.86. The zero-order chi connectivity index (χ0) is 17.0. The summed E-state index contributed by atoms with van der Waals surface area (Å²) in [6, 6.07) is 0.136. The first-order chi connectivity index (χ1) is 10.8. The Morgan fingerprint density at radius 1 is 1.09 bits per heavy atom. The van der Waals surface area contributed by atoms with E-state index < -0.39 is 45.6 Å². The molecule has 23 heavy (non-hydrogen) atoms. The number of rotatable bonds is 6. The van der Waals surface area contributed by atoms with Gasteiger partial charge in [-0.25, -0.2) is 17.6 Å². The largest absolute Gasteiger partial charge is 0.379 e. The summed E-state index contributed by atoms with van der Waals surface area (Å²) in [6.07, 6.45) is 0. The fourth-order valence-corrected chi connectivity index (χ4v) is 2.91. The van der Waals surface area contributed by atoms with E-state index in [2.05, 4.69) is 4.18 Å². The first-order valence-electron chi connectivity index (χ1n) is 6.79. The van der Waals surface area contributed by atoms with Crippen LogP contribution in [0.4, 0.5) is 17.6 Å². The Kier molecular flexibility index (Phi) is 5.95. The Bertz CT molecular complexity index is 662. The molecular formula is C13H15F4NO4S. The number of nitrogens with zero attached hydrogens (tertiary/aromatic N) is 1. The Morgan fingerprint density at radius 3 is 2.39 bits per heavy atom. The molecule has 1 aromatic rings. The maximum Gasteiger partial charge on any atom is 0.268 e. The molecule has 2 rings (SSSR count). The monoisotopic (exact) mass is 357 g/mol. The molecule has 1 fully saturated rings. The van der Waals surface area contributed by atoms with Crippen LogP contribution in [0.15, 0.2) is 6.07 Å². The third-order valence-electron chi connectivity index (χ3n) is 3.35. The summed E-state index contributed by atoms with van der Waals surface area (Å²) in [4.78, 5) is 1.84. The molecule has 10 heteroatoms. The van der Waals surface area contributed by atoms with Crippen LogP contribution in [0.1, 0.15) is 5.56 Å². The molecule has 0 unspecified atom stereocenters. The molecule has 0 amide bonds. The standard InChI is InChI=1S/C13H15F4NO4S/c14-10-7-11(15)13(17)12(16)9(10)8-22-23(19,20)6-3-18-1-4-21-5-2-18/h7H,1-6,8H2. The molecule has 0 aliphatic carbocycles. The second-order valence-electron chi connectivity index (χ2n) is 4.92. The van der Waals surface area contributed by atoms with E-state index in [1.165, 1.54) is 0 Å². The van der Waals surface area contributed by atoms with Gasteiger partial charge in [0.15, 0.2) is 17.5 Å². The van der Waals surface area contributed by atoms with Crippen LogP contribution >= 0.6 is 0 Å². The minimum atomic E-state index is -4.07. The van der Waals surface area contributed by atoms with E-state index in [4.69, 9.17) is 4.74 Å². The molecule has 5 nitrogen and oxygen atoms in total. The quantitative estimate of drug-likeness (QED) is 0.334. The van der Waals surface area contributed by atoms with E-state index in [1.807, 2.05) is 4.90 Å². The molecule has 130 valence electrons. The SMILES string of the molecule is O=S(=O)(CCN1CCOCC1)OCc1c(F)cc(F)c(F)c1F. The van der Waals surface area contributed by atoms with Crippen molar-refractivity contribution in [3.63, 3.8) is 0 Å². The molecule has 0 aromatic heterocycles. The molecule has 1 heterocycles. The van der Waals surface area contributed by atoms with Gasteiger partial charge in [0.2, 0.25) is 0 Å². The van der Waals surface area contributed by atoms with Crippen molar-refractivity contribution < 1.29 is 34.9 Å². The molecule has 0 radical (unpaired) electrons. The van der Waals surface area contributed by atoms with Crippen LogP contribution in [0.3, 0.4) is 0 Å². The van der Waals surface area contributed by atoms with Gasteiger partial charge in [-0.05, 0) is 0 Å². The van der Waals surface area contributed by atoms with E-state index in [1.54, 1.807) is 0 Å². The van der Waals surface area contributed by atoms with Crippen molar-refractivity contribution in [2.75, 3.05) is 38.6 Å². The first-order valence-corrected chi connectivity index (χ1v) is 8.37. The third-order valence-corrected chi connectivity index (χ3v) is 4.51. The highest BCUT2D eigenvalue weighted by Crippen LogP contribution is 2.20. The number of morpholine rings is 1. The van der Waals surface area contributed by atoms with Crippen LogP contribution in [0.2, 0.25) is 0 Å². The Morgan fingerprint density at radius 2 is 1.74 bits per heavy atom. The molecule has 0 N–H and O–H groups in total. The van der Waals surface area contributed by atoms with Gasteiger partial charge in [-0.1, -0.05) is 0 Å². The molecule has 1 aliphatic rings. The fraction of sp³-hybridized carbons (Fsp3) is 0.538. The third kappa shape index (κ3) is 4.87. The summed E-state index contributed by atoms with van der Waals surface area (Å²) in [5.74, 6) is -7.18. The average Bonchev–Trinajstić information content (AvgIpc) is 2.52. The lowest BCUT2D eigenvalue weighted by molar-refractivity contribution is 0.0405. The van der Waals surface area contributed by atoms with Gasteiger partial charge in [-0.3, -0.25) is 9.08 Å². The molecule has 0 atom stereocenters. The minimum Gasteiger partial charge on any atom is -0.379 e. The maximum atomic E-state index is 13.4. The molecule has 1 aromatic carbocycles. The summed E-state index contributed by atoms with van der Waals surface area (Å²) >= 11 is 0. The van der Waals surface area contributed by atoms with Gasteiger partial charge in [-0.15, -0.1) is 0 Å². The lowest BCUT2D eigenvalue weighted by Crippen LogP contribution is -2.39. The van der Waals surface area contributed by atoms with Gasteiger partial charge in [0.05, 0.1) is 31.1 Å². The van der Waals surface area contributed by atoms with Crippen molar-refractivity contribution in [2.24, 2.45) is 0 Å². The van der Waals surface area contributed by atoms with E-state index >= 15 is 0 Å². The van der Waals surface area contributed by atoms with Crippen LogP contribution in [0.5, 0.6) is 0 Å². The van der Waals surface area contributed by atoms with Crippen LogP contribution < -0.4 is 0 Å². The molecule has 0 bridgehead atoms. The number of ether oxygens (including phenoxy) is 1. The lowest BCUT2D eigenvalue weighted by atomic mass is 10.2. The fourth-order valence-electron chi connectivity index (χ4n) is 2.01. The summed E-state index contributed by atoms with van der Waals surface area (Å²) in [5.41, 5.74) is -0.973. The molecule has 1 aliphatic heterocycles. The van der Waals surface area contributed by atoms with Gasteiger partial charge < -0.3 is 4.74 Å². The van der Waals surface area contributed by atoms with Crippen LogP contribution in [-0.2, 0) is 25.6 Å². The van der Waals surface area contributed by atoms with E-state index in [9.17, 15) is 26.0 Å². The summed E-state index contributed by atoms with van der Waals surface area (Å²) in [7, 11) is -4.07. The first kappa shape index (κ1) is 18.1. The number of halogens is 4. The minimum absolute atomic E-state index is 0.136. The van der Waals surface area contributed by atoms with E-state index in [0.29, 0.717) is 26.3 Å². The topological polar surface area (TPSA) is 55.8 Å². The van der Waals surface area contributed by atoms with Gasteiger partial charge in [0.1, 0.15) is 5.82 Å². The highest BCUT2D eigenvalue weighted by Gasteiger charge is 2.22. The molecular weight excluding hydrogens is 342 g/mol. The maximum absolute atomic E-state index is 13.4. The van der Waals surface area contributed by atoms with Crippen molar-refractivity contribution in [1.82, 2.24) is 4.90 Å². The predicted molar refractivity (Wildman–Crippen MR) is 72.1 cm³/mol. The van der Waals surface area contributed by atoms with Crippen molar-refractivity contribution in [2.45, 2.75) is 6.61 Å². The molecule has 1 saturated heterocycles. The zero-order valence-electron chi connectivity index (χ0n) is 12.0. The van der Waals surface area contributed by atoms with E-state index in [-0.39, 0.29) is 18.4 Å². The smallest absolute Gasteiger partial charge is 0.268 e. The van der Waals surface area contributed by atoms with Crippen LogP contribution in [0, 0.1) is 23.3 Å². The van der Waals surface area contributed by atoms with Gasteiger partial charge in [0, 0.05) is 25.7 Å². The summed E-state index contributed by atoms with van der Waals surface area (Å²) < 4.78 is 85.7. The second-order valence-corrected chi connectivity index (χ2v) is 6.68.